The molecule has 78 valence electrons. The van der Waals surface area contributed by atoms with Crippen molar-refractivity contribution in [1.29, 1.82) is 0 Å². The number of nitrogens with one attached hydrogen (secondary N) is 1. The fraction of sp³-hybridized carbons (Fsp3) is 1.00. The van der Waals surface area contributed by atoms with Gasteiger partial charge in [0.2, 0.25) is 0 Å². The molecule has 1 N–H and O–H groups in total. The molecule has 1 fully saturated rings. The van der Waals surface area contributed by atoms with E-state index in [4.69, 9.17) is 0 Å². The average Bonchev–Trinajstić information content (AvgIpc) is 2.67. The lowest BCUT2D eigenvalue weighted by Gasteiger charge is -2.29. The van der Waals surface area contributed by atoms with Crippen LogP contribution in [0.25, 0.3) is 0 Å². The summed E-state index contributed by atoms with van der Waals surface area (Å²) < 4.78 is 0. The Morgan fingerprint density at radius 1 is 1.38 bits per heavy atom. The van der Waals surface area contributed by atoms with Crippen LogP contribution in [0.3, 0.4) is 0 Å². The van der Waals surface area contributed by atoms with Crippen LogP contribution in [0.4, 0.5) is 0 Å². The van der Waals surface area contributed by atoms with Crippen LogP contribution in [0.5, 0.6) is 0 Å². The third-order valence-electron chi connectivity index (χ3n) is 3.40. The molecule has 0 aromatic carbocycles. The highest BCUT2D eigenvalue weighted by Crippen LogP contribution is 2.24. The molecule has 0 bridgehead atoms. The second-order valence-corrected chi connectivity index (χ2v) is 5.53. The summed E-state index contributed by atoms with van der Waals surface area (Å²) >= 11 is 2.11. The quantitative estimate of drug-likeness (QED) is 0.734. The normalized spacial score (nSPS) is 23.8. The van der Waals surface area contributed by atoms with Gasteiger partial charge in [0, 0.05) is 5.54 Å². The lowest BCUT2D eigenvalue weighted by atomic mass is 9.94. The van der Waals surface area contributed by atoms with E-state index in [9.17, 15) is 0 Å². The number of hydrogen-bond acceptors (Lipinski definition) is 2. The summed E-state index contributed by atoms with van der Waals surface area (Å²) in [5.74, 6) is 3.68. The van der Waals surface area contributed by atoms with Gasteiger partial charge in [-0.2, -0.15) is 11.8 Å². The summed E-state index contributed by atoms with van der Waals surface area (Å²) in [6.45, 7) is 8.13. The Balaban J connectivity index is 2.22. The SMILES string of the molecule is CCC(C)(CC)NCC1CCSC1. The van der Waals surface area contributed by atoms with E-state index in [1.54, 1.807) is 0 Å². The van der Waals surface area contributed by atoms with E-state index < -0.39 is 0 Å². The Labute approximate surface area is 87.1 Å². The predicted octanol–water partition coefficient (Wildman–Crippen LogP) is 2.91. The van der Waals surface area contributed by atoms with Crippen molar-refractivity contribution in [2.45, 2.75) is 45.6 Å². The maximum Gasteiger partial charge on any atom is 0.0148 e. The molecular weight excluding hydrogens is 178 g/mol. The van der Waals surface area contributed by atoms with Crippen LogP contribution < -0.4 is 5.32 Å². The zero-order valence-electron chi connectivity index (χ0n) is 9.23. The molecule has 13 heavy (non-hydrogen) atoms. The molecule has 1 atom stereocenters. The average molecular weight is 201 g/mol. The van der Waals surface area contributed by atoms with Crippen molar-refractivity contribution in [2.24, 2.45) is 5.92 Å². The second-order valence-electron chi connectivity index (χ2n) is 4.38. The van der Waals surface area contributed by atoms with E-state index in [0.29, 0.717) is 5.54 Å². The van der Waals surface area contributed by atoms with E-state index in [0.717, 1.165) is 5.92 Å². The Hall–Kier alpha value is 0.310. The zero-order chi connectivity index (χ0) is 9.73. The minimum Gasteiger partial charge on any atom is -0.311 e. The van der Waals surface area contributed by atoms with Gasteiger partial charge in [0.1, 0.15) is 0 Å². The van der Waals surface area contributed by atoms with E-state index in [-0.39, 0.29) is 0 Å². The van der Waals surface area contributed by atoms with Gasteiger partial charge in [-0.05, 0) is 50.2 Å². The molecule has 0 aromatic rings. The van der Waals surface area contributed by atoms with E-state index in [1.807, 2.05) is 0 Å². The highest BCUT2D eigenvalue weighted by atomic mass is 32.2. The topological polar surface area (TPSA) is 12.0 Å². The van der Waals surface area contributed by atoms with Crippen molar-refractivity contribution in [3.05, 3.63) is 0 Å². The van der Waals surface area contributed by atoms with Crippen LogP contribution in [0.1, 0.15) is 40.0 Å². The molecule has 1 rings (SSSR count). The molecular formula is C11H23NS. The maximum atomic E-state index is 3.72. The van der Waals surface area contributed by atoms with Gasteiger partial charge in [-0.25, -0.2) is 0 Å². The molecule has 1 nitrogen and oxygen atoms in total. The standard InChI is InChI=1S/C11H23NS/c1-4-11(3,5-2)12-8-10-6-7-13-9-10/h10,12H,4-9H2,1-3H3. The lowest BCUT2D eigenvalue weighted by Crippen LogP contribution is -2.43. The molecule has 1 aliphatic rings. The predicted molar refractivity (Wildman–Crippen MR) is 62.4 cm³/mol. The monoisotopic (exact) mass is 201 g/mol. The minimum absolute atomic E-state index is 0.382. The third-order valence-corrected chi connectivity index (χ3v) is 4.63. The fourth-order valence-corrected chi connectivity index (χ4v) is 2.92. The first-order chi connectivity index (χ1) is 6.20. The molecule has 1 saturated heterocycles. The molecule has 1 aliphatic heterocycles. The first-order valence-corrected chi connectivity index (χ1v) is 6.68. The van der Waals surface area contributed by atoms with E-state index in [1.165, 1.54) is 37.3 Å². The molecule has 0 radical (unpaired) electrons. The van der Waals surface area contributed by atoms with E-state index in [2.05, 4.69) is 37.8 Å². The van der Waals surface area contributed by atoms with Gasteiger partial charge in [0.25, 0.3) is 0 Å². The van der Waals surface area contributed by atoms with Gasteiger partial charge in [-0.3, -0.25) is 0 Å². The highest BCUT2D eigenvalue weighted by molar-refractivity contribution is 7.99. The van der Waals surface area contributed by atoms with Gasteiger partial charge in [-0.15, -0.1) is 0 Å². The van der Waals surface area contributed by atoms with Crippen LogP contribution in [0, 0.1) is 5.92 Å². The highest BCUT2D eigenvalue weighted by Gasteiger charge is 2.22. The number of rotatable bonds is 5. The fourth-order valence-electron chi connectivity index (χ4n) is 1.64. The maximum absolute atomic E-state index is 3.72. The van der Waals surface area contributed by atoms with Crippen LogP contribution in [0.15, 0.2) is 0 Å². The zero-order valence-corrected chi connectivity index (χ0v) is 10.0. The Morgan fingerprint density at radius 2 is 2.08 bits per heavy atom. The van der Waals surface area contributed by atoms with Crippen LogP contribution >= 0.6 is 11.8 Å². The van der Waals surface area contributed by atoms with Gasteiger partial charge in [0.15, 0.2) is 0 Å². The van der Waals surface area contributed by atoms with Crippen molar-refractivity contribution in [2.75, 3.05) is 18.1 Å². The summed E-state index contributed by atoms with van der Waals surface area (Å²) in [6, 6.07) is 0. The lowest BCUT2D eigenvalue weighted by molar-refractivity contribution is 0.311. The van der Waals surface area contributed by atoms with Crippen molar-refractivity contribution in [3.8, 4) is 0 Å². The summed E-state index contributed by atoms with van der Waals surface area (Å²) in [6.07, 6.45) is 3.90. The Morgan fingerprint density at radius 3 is 2.54 bits per heavy atom. The smallest absolute Gasteiger partial charge is 0.0148 e. The summed E-state index contributed by atoms with van der Waals surface area (Å²) in [7, 11) is 0. The second kappa shape index (κ2) is 5.26. The van der Waals surface area contributed by atoms with Gasteiger partial charge >= 0.3 is 0 Å². The Kier molecular flexibility index (Phi) is 4.60. The Bertz CT molecular complexity index is 137. The molecule has 2 heteroatoms. The summed E-state index contributed by atoms with van der Waals surface area (Å²) in [4.78, 5) is 0. The molecule has 0 amide bonds. The molecule has 0 aromatic heterocycles. The van der Waals surface area contributed by atoms with Crippen molar-refractivity contribution in [3.63, 3.8) is 0 Å². The molecule has 1 heterocycles. The largest absolute Gasteiger partial charge is 0.311 e. The van der Waals surface area contributed by atoms with E-state index >= 15 is 0 Å². The molecule has 0 aliphatic carbocycles. The van der Waals surface area contributed by atoms with Crippen LogP contribution in [-0.4, -0.2) is 23.6 Å². The van der Waals surface area contributed by atoms with Gasteiger partial charge < -0.3 is 5.32 Å². The minimum atomic E-state index is 0.382. The van der Waals surface area contributed by atoms with Gasteiger partial charge in [0.05, 0.1) is 0 Å². The van der Waals surface area contributed by atoms with Crippen molar-refractivity contribution < 1.29 is 0 Å². The molecule has 0 saturated carbocycles. The first kappa shape index (κ1) is 11.4. The number of thioether (sulfide) groups is 1. The number of hydrogen-bond donors (Lipinski definition) is 1. The summed E-state index contributed by atoms with van der Waals surface area (Å²) in [5, 5.41) is 3.72. The van der Waals surface area contributed by atoms with Gasteiger partial charge in [-0.1, -0.05) is 13.8 Å². The van der Waals surface area contributed by atoms with Crippen LogP contribution in [-0.2, 0) is 0 Å². The van der Waals surface area contributed by atoms with Crippen molar-refractivity contribution >= 4 is 11.8 Å². The first-order valence-electron chi connectivity index (χ1n) is 5.53. The van der Waals surface area contributed by atoms with Crippen molar-refractivity contribution in [1.82, 2.24) is 5.32 Å². The third kappa shape index (κ3) is 3.51. The molecule has 1 unspecified atom stereocenters. The molecule has 0 spiro atoms. The summed E-state index contributed by atoms with van der Waals surface area (Å²) in [5.41, 5.74) is 0.382. The van der Waals surface area contributed by atoms with Crippen LogP contribution in [0.2, 0.25) is 0 Å².